The number of aromatic nitrogens is 1. The third-order valence-electron chi connectivity index (χ3n) is 3.07. The molecule has 1 unspecified atom stereocenters. The molecule has 1 aromatic heterocycles. The van der Waals surface area contributed by atoms with E-state index in [1.54, 1.807) is 6.20 Å². The zero-order valence-electron chi connectivity index (χ0n) is 11.7. The molecular weight excluding hydrogens is 250 g/mol. The number of hydrogen-bond donors (Lipinski definition) is 1. The molecule has 0 aliphatic heterocycles. The van der Waals surface area contributed by atoms with Crippen LogP contribution in [-0.4, -0.2) is 24.2 Å². The van der Waals surface area contributed by atoms with Gasteiger partial charge < -0.3 is 10.1 Å². The lowest BCUT2D eigenvalue weighted by Gasteiger charge is -2.12. The third kappa shape index (κ3) is 3.69. The van der Waals surface area contributed by atoms with E-state index in [1.165, 1.54) is 0 Å². The van der Waals surface area contributed by atoms with Gasteiger partial charge in [0.15, 0.2) is 0 Å². The summed E-state index contributed by atoms with van der Waals surface area (Å²) in [6, 6.07) is 11.8. The topological polar surface area (TPSA) is 57.9 Å². The van der Waals surface area contributed by atoms with Gasteiger partial charge in [-0.25, -0.2) is 0 Å². The van der Waals surface area contributed by atoms with Gasteiger partial charge in [-0.3, -0.25) is 4.98 Å². The van der Waals surface area contributed by atoms with Crippen molar-refractivity contribution >= 4 is 10.9 Å². The summed E-state index contributed by atoms with van der Waals surface area (Å²) in [4.78, 5) is 4.30. The first-order chi connectivity index (χ1) is 9.85. The zero-order valence-corrected chi connectivity index (χ0v) is 11.7. The molecule has 1 N–H and O–H groups in total. The Labute approximate surface area is 119 Å². The van der Waals surface area contributed by atoms with Gasteiger partial charge in [0.1, 0.15) is 5.75 Å². The molecule has 0 saturated heterocycles. The smallest absolute Gasteiger partial charge is 0.128 e. The lowest BCUT2D eigenvalue weighted by atomic mass is 10.2. The van der Waals surface area contributed by atoms with Crippen LogP contribution in [0.25, 0.3) is 10.9 Å². The number of nitrogens with one attached hydrogen (secondary N) is 1. The quantitative estimate of drug-likeness (QED) is 0.839. The van der Waals surface area contributed by atoms with Gasteiger partial charge >= 0.3 is 0 Å². The molecule has 104 valence electrons. The molecule has 4 nitrogen and oxygen atoms in total. The number of rotatable bonds is 7. The first-order valence-electron chi connectivity index (χ1n) is 6.94. The molecule has 2 rings (SSSR count). The van der Waals surface area contributed by atoms with Crippen LogP contribution in [0.2, 0.25) is 0 Å². The number of hydrogen-bond acceptors (Lipinski definition) is 4. The first-order valence-corrected chi connectivity index (χ1v) is 6.94. The second-order valence-electron chi connectivity index (χ2n) is 4.60. The molecule has 0 spiro atoms. The molecule has 0 bridgehead atoms. The van der Waals surface area contributed by atoms with Crippen LogP contribution in [0.1, 0.15) is 19.8 Å². The summed E-state index contributed by atoms with van der Waals surface area (Å²) in [5, 5.41) is 13.2. The monoisotopic (exact) mass is 269 g/mol. The number of pyridine rings is 1. The third-order valence-corrected chi connectivity index (χ3v) is 3.07. The fourth-order valence-electron chi connectivity index (χ4n) is 2.02. The molecule has 0 saturated carbocycles. The van der Waals surface area contributed by atoms with Crippen LogP contribution in [0.3, 0.4) is 0 Å². The fraction of sp³-hybridized carbons (Fsp3) is 0.375. The van der Waals surface area contributed by atoms with Crippen molar-refractivity contribution in [3.05, 3.63) is 36.5 Å². The van der Waals surface area contributed by atoms with Crippen LogP contribution in [-0.2, 0) is 0 Å². The summed E-state index contributed by atoms with van der Waals surface area (Å²) in [6.07, 6.45) is 3.47. The molecular formula is C16H19N3O. The minimum absolute atomic E-state index is 0.150. The minimum atomic E-state index is -0.150. The van der Waals surface area contributed by atoms with Crippen molar-refractivity contribution < 1.29 is 4.74 Å². The van der Waals surface area contributed by atoms with E-state index < -0.39 is 0 Å². The number of nitriles is 1. The highest BCUT2D eigenvalue weighted by atomic mass is 16.5. The Bertz CT molecular complexity index is 586. The summed E-state index contributed by atoms with van der Waals surface area (Å²) in [5.41, 5.74) is 0.922. The van der Waals surface area contributed by atoms with Crippen LogP contribution < -0.4 is 10.1 Å². The summed E-state index contributed by atoms with van der Waals surface area (Å²) in [5.74, 6) is 0.822. The SMILES string of the molecule is CCCNC(C#N)CCOc1cccc2ncccc12. The highest BCUT2D eigenvalue weighted by molar-refractivity contribution is 5.84. The van der Waals surface area contributed by atoms with Gasteiger partial charge in [-0.15, -0.1) is 0 Å². The molecule has 2 aromatic rings. The van der Waals surface area contributed by atoms with Gasteiger partial charge in [0.25, 0.3) is 0 Å². The molecule has 0 amide bonds. The molecule has 0 aliphatic carbocycles. The van der Waals surface area contributed by atoms with E-state index in [0.717, 1.165) is 29.6 Å². The fourth-order valence-corrected chi connectivity index (χ4v) is 2.02. The second kappa shape index (κ2) is 7.46. The Kier molecular flexibility index (Phi) is 5.33. The summed E-state index contributed by atoms with van der Waals surface area (Å²) in [7, 11) is 0. The zero-order chi connectivity index (χ0) is 14.2. The van der Waals surface area contributed by atoms with E-state index in [1.807, 2.05) is 30.3 Å². The molecule has 20 heavy (non-hydrogen) atoms. The normalized spacial score (nSPS) is 12.0. The van der Waals surface area contributed by atoms with E-state index in [4.69, 9.17) is 10.00 Å². The summed E-state index contributed by atoms with van der Waals surface area (Å²) in [6.45, 7) is 3.46. The van der Waals surface area contributed by atoms with Gasteiger partial charge in [0, 0.05) is 18.0 Å². The molecule has 0 radical (unpaired) electrons. The predicted molar refractivity (Wildman–Crippen MR) is 79.5 cm³/mol. The Morgan fingerprint density at radius 2 is 2.25 bits per heavy atom. The van der Waals surface area contributed by atoms with Gasteiger partial charge in [-0.2, -0.15) is 5.26 Å². The van der Waals surface area contributed by atoms with E-state index in [-0.39, 0.29) is 6.04 Å². The maximum atomic E-state index is 9.04. The molecule has 4 heteroatoms. The predicted octanol–water partition coefficient (Wildman–Crippen LogP) is 2.90. The molecule has 0 aliphatic rings. The maximum Gasteiger partial charge on any atom is 0.128 e. The molecule has 1 heterocycles. The van der Waals surface area contributed by atoms with Crippen molar-refractivity contribution in [2.24, 2.45) is 0 Å². The number of fused-ring (bicyclic) bond motifs is 1. The maximum absolute atomic E-state index is 9.04. The van der Waals surface area contributed by atoms with Crippen LogP contribution in [0.4, 0.5) is 0 Å². The average molecular weight is 269 g/mol. The van der Waals surface area contributed by atoms with E-state index in [9.17, 15) is 0 Å². The second-order valence-corrected chi connectivity index (χ2v) is 4.60. The Morgan fingerprint density at radius 1 is 1.35 bits per heavy atom. The van der Waals surface area contributed by atoms with Crippen LogP contribution in [0.5, 0.6) is 5.75 Å². The summed E-state index contributed by atoms with van der Waals surface area (Å²) >= 11 is 0. The van der Waals surface area contributed by atoms with Gasteiger partial charge in [0.2, 0.25) is 0 Å². The van der Waals surface area contributed by atoms with Crippen molar-refractivity contribution in [1.29, 1.82) is 5.26 Å². The van der Waals surface area contributed by atoms with Gasteiger partial charge in [-0.1, -0.05) is 13.0 Å². The van der Waals surface area contributed by atoms with Crippen molar-refractivity contribution in [2.75, 3.05) is 13.2 Å². The lowest BCUT2D eigenvalue weighted by molar-refractivity contribution is 0.301. The molecule has 1 aromatic carbocycles. The van der Waals surface area contributed by atoms with Crippen molar-refractivity contribution in [3.63, 3.8) is 0 Å². The van der Waals surface area contributed by atoms with Gasteiger partial charge in [-0.05, 0) is 37.2 Å². The lowest BCUT2D eigenvalue weighted by Crippen LogP contribution is -2.29. The minimum Gasteiger partial charge on any atom is -0.493 e. The number of ether oxygens (including phenoxy) is 1. The Balaban J connectivity index is 1.94. The number of nitrogens with zero attached hydrogens (tertiary/aromatic N) is 2. The Hall–Kier alpha value is -2.12. The van der Waals surface area contributed by atoms with Crippen molar-refractivity contribution in [2.45, 2.75) is 25.8 Å². The highest BCUT2D eigenvalue weighted by Gasteiger charge is 2.07. The standard InChI is InChI=1S/C16H19N3O/c1-2-9-18-13(12-17)8-11-20-16-7-3-6-15-14(16)5-4-10-19-15/h3-7,10,13,18H,2,8-9,11H2,1H3. The van der Waals surface area contributed by atoms with E-state index in [2.05, 4.69) is 23.3 Å². The van der Waals surface area contributed by atoms with Crippen molar-refractivity contribution in [1.82, 2.24) is 10.3 Å². The Morgan fingerprint density at radius 3 is 3.05 bits per heavy atom. The van der Waals surface area contributed by atoms with Crippen LogP contribution in [0, 0.1) is 11.3 Å². The van der Waals surface area contributed by atoms with Crippen LogP contribution >= 0.6 is 0 Å². The largest absolute Gasteiger partial charge is 0.493 e. The highest BCUT2D eigenvalue weighted by Crippen LogP contribution is 2.23. The summed E-state index contributed by atoms with van der Waals surface area (Å²) < 4.78 is 5.80. The van der Waals surface area contributed by atoms with Crippen molar-refractivity contribution in [3.8, 4) is 11.8 Å². The first kappa shape index (κ1) is 14.3. The van der Waals surface area contributed by atoms with E-state index >= 15 is 0 Å². The average Bonchev–Trinajstić information content (AvgIpc) is 2.51. The van der Waals surface area contributed by atoms with E-state index in [0.29, 0.717) is 13.0 Å². The molecule has 0 fully saturated rings. The molecule has 1 atom stereocenters. The van der Waals surface area contributed by atoms with Crippen LogP contribution in [0.15, 0.2) is 36.5 Å². The van der Waals surface area contributed by atoms with Gasteiger partial charge in [0.05, 0.1) is 24.2 Å². The number of benzene rings is 1.